The van der Waals surface area contributed by atoms with Crippen molar-refractivity contribution in [3.8, 4) is 0 Å². The van der Waals surface area contributed by atoms with Crippen molar-refractivity contribution in [2.75, 3.05) is 36.7 Å². The topological polar surface area (TPSA) is 61.3 Å². The predicted octanol–water partition coefficient (Wildman–Crippen LogP) is 2.58. The molecule has 5 nitrogen and oxygen atoms in total. The normalized spacial score (nSPS) is 28.0. The first kappa shape index (κ1) is 16.0. The first-order valence-corrected chi connectivity index (χ1v) is 10.2. The van der Waals surface area contributed by atoms with E-state index in [1.54, 1.807) is 0 Å². The molecule has 0 aromatic carbocycles. The lowest BCUT2D eigenvalue weighted by Crippen LogP contribution is -2.44. The van der Waals surface area contributed by atoms with E-state index in [0.29, 0.717) is 11.8 Å². The van der Waals surface area contributed by atoms with Crippen LogP contribution in [0.15, 0.2) is 6.07 Å². The zero-order valence-electron chi connectivity index (χ0n) is 14.0. The number of hydrogen-bond acceptors (Lipinski definition) is 5. The Morgan fingerprint density at radius 2 is 2.18 bits per heavy atom. The fourth-order valence-corrected chi connectivity index (χ4v) is 5.36. The summed E-state index contributed by atoms with van der Waals surface area (Å²) in [5.74, 6) is 2.43. The number of hydrogen-bond donors (Lipinski definition) is 0. The van der Waals surface area contributed by atoms with Gasteiger partial charge < -0.3 is 24.5 Å². The molecule has 0 bridgehead atoms. The van der Waals surface area contributed by atoms with Crippen molar-refractivity contribution >= 4 is 16.1 Å². The highest BCUT2D eigenvalue weighted by Crippen LogP contribution is 2.71. The second-order valence-electron chi connectivity index (χ2n) is 6.56. The molecular formula is C16H26N3O2S-. The maximum atomic E-state index is 13.0. The lowest BCUT2D eigenvalue weighted by Gasteiger charge is -2.50. The summed E-state index contributed by atoms with van der Waals surface area (Å²) in [5, 5.41) is 0. The Morgan fingerprint density at radius 3 is 2.77 bits per heavy atom. The minimum Gasteiger partial charge on any atom is -0.811 e. The van der Waals surface area contributed by atoms with E-state index >= 15 is 0 Å². The molecule has 0 spiro atoms. The average molecular weight is 324 g/mol. The molecular weight excluding hydrogens is 298 g/mol. The third-order valence-corrected chi connectivity index (χ3v) is 8.41. The van der Waals surface area contributed by atoms with E-state index in [1.807, 2.05) is 20.1 Å². The van der Waals surface area contributed by atoms with E-state index in [9.17, 15) is 4.55 Å². The van der Waals surface area contributed by atoms with E-state index in [-0.39, 0.29) is 4.75 Å². The number of aromatic nitrogens is 2. The molecule has 124 valence electrons. The molecule has 1 aliphatic carbocycles. The molecule has 1 saturated heterocycles. The van der Waals surface area contributed by atoms with Gasteiger partial charge in [-0.25, -0.2) is 9.97 Å². The standard InChI is InChI=1S/C16H27N3O2S/c1-5-22(4,20)16(6-7-16)14-10-15(18-13(3)17-14)19-8-9-21-11-12(19)2/h10,12,20H,5-9,11H2,1-4H3/p-1/t12-/m1/s1. The van der Waals surface area contributed by atoms with Gasteiger partial charge in [0.05, 0.1) is 24.9 Å². The fourth-order valence-electron chi connectivity index (χ4n) is 3.30. The van der Waals surface area contributed by atoms with Gasteiger partial charge in [0, 0.05) is 17.4 Å². The van der Waals surface area contributed by atoms with Gasteiger partial charge in [-0.05, 0) is 38.7 Å². The summed E-state index contributed by atoms with van der Waals surface area (Å²) in [4.78, 5) is 11.6. The van der Waals surface area contributed by atoms with Gasteiger partial charge in [0.2, 0.25) is 0 Å². The number of nitrogens with zero attached hydrogens (tertiary/aromatic N) is 3. The van der Waals surface area contributed by atoms with Crippen LogP contribution >= 0.6 is 10.3 Å². The molecule has 0 N–H and O–H groups in total. The lowest BCUT2D eigenvalue weighted by atomic mass is 10.2. The number of aryl methyl sites for hydroxylation is 1. The van der Waals surface area contributed by atoms with Crippen LogP contribution in [0, 0.1) is 6.92 Å². The van der Waals surface area contributed by atoms with Gasteiger partial charge in [-0.1, -0.05) is 6.92 Å². The van der Waals surface area contributed by atoms with E-state index in [0.717, 1.165) is 49.9 Å². The van der Waals surface area contributed by atoms with Gasteiger partial charge in [-0.3, -0.25) is 0 Å². The summed E-state index contributed by atoms with van der Waals surface area (Å²) in [6.45, 7) is 8.40. The van der Waals surface area contributed by atoms with Crippen molar-refractivity contribution < 1.29 is 9.29 Å². The third-order valence-electron chi connectivity index (χ3n) is 5.03. The number of rotatable bonds is 4. The summed E-state index contributed by atoms with van der Waals surface area (Å²) >= 11 is 0. The maximum Gasteiger partial charge on any atom is 0.132 e. The Bertz CT molecular complexity index is 560. The van der Waals surface area contributed by atoms with Crippen molar-refractivity contribution in [2.24, 2.45) is 0 Å². The van der Waals surface area contributed by atoms with Crippen molar-refractivity contribution in [1.82, 2.24) is 9.97 Å². The molecule has 1 unspecified atom stereocenters. The van der Waals surface area contributed by atoms with Crippen LogP contribution in [0.4, 0.5) is 5.82 Å². The number of ether oxygens (including phenoxy) is 1. The SMILES string of the molecule is CCS(C)([O-])C1(c2cc(N3CCOC[C@H]3C)nc(C)n2)CC1. The molecule has 1 aromatic rings. The average Bonchev–Trinajstić information content (AvgIpc) is 3.29. The second-order valence-corrected chi connectivity index (χ2v) is 9.93. The smallest absolute Gasteiger partial charge is 0.132 e. The second kappa shape index (κ2) is 5.65. The van der Waals surface area contributed by atoms with Crippen LogP contribution < -0.4 is 4.90 Å². The molecule has 22 heavy (non-hydrogen) atoms. The van der Waals surface area contributed by atoms with Gasteiger partial charge >= 0.3 is 0 Å². The monoisotopic (exact) mass is 324 g/mol. The molecule has 2 fully saturated rings. The van der Waals surface area contributed by atoms with Gasteiger partial charge in [0.1, 0.15) is 11.6 Å². The van der Waals surface area contributed by atoms with E-state index in [4.69, 9.17) is 4.74 Å². The van der Waals surface area contributed by atoms with Crippen molar-refractivity contribution in [3.05, 3.63) is 17.6 Å². The fraction of sp³-hybridized carbons (Fsp3) is 0.750. The number of morpholine rings is 1. The van der Waals surface area contributed by atoms with Gasteiger partial charge in [0.15, 0.2) is 0 Å². The molecule has 0 amide bonds. The molecule has 6 heteroatoms. The van der Waals surface area contributed by atoms with Crippen LogP contribution in [0.5, 0.6) is 0 Å². The predicted molar refractivity (Wildman–Crippen MR) is 90.1 cm³/mol. The van der Waals surface area contributed by atoms with Crippen LogP contribution in [0.1, 0.15) is 38.2 Å². The molecule has 1 saturated carbocycles. The van der Waals surface area contributed by atoms with Crippen molar-refractivity contribution in [3.63, 3.8) is 0 Å². The lowest BCUT2D eigenvalue weighted by molar-refractivity contribution is 0.0985. The summed E-state index contributed by atoms with van der Waals surface area (Å²) < 4.78 is 18.3. The van der Waals surface area contributed by atoms with Crippen molar-refractivity contribution in [1.29, 1.82) is 0 Å². The Balaban J connectivity index is 1.97. The van der Waals surface area contributed by atoms with Crippen molar-refractivity contribution in [2.45, 2.75) is 44.4 Å². The molecule has 1 aliphatic heterocycles. The van der Waals surface area contributed by atoms with Crippen LogP contribution in [-0.4, -0.2) is 52.3 Å². The zero-order chi connectivity index (χ0) is 16.0. The van der Waals surface area contributed by atoms with Gasteiger partial charge in [-0.2, -0.15) is 0 Å². The minimum absolute atomic E-state index is 0.222. The van der Waals surface area contributed by atoms with Crippen LogP contribution in [-0.2, 0) is 9.48 Å². The Kier molecular flexibility index (Phi) is 4.12. The molecule has 1 aromatic heterocycles. The third kappa shape index (κ3) is 2.61. The van der Waals surface area contributed by atoms with Crippen LogP contribution in [0.2, 0.25) is 0 Å². The number of anilines is 1. The van der Waals surface area contributed by atoms with Crippen LogP contribution in [0.3, 0.4) is 0 Å². The van der Waals surface area contributed by atoms with E-state index in [1.165, 1.54) is 0 Å². The highest BCUT2D eigenvalue weighted by molar-refractivity contribution is 8.29. The van der Waals surface area contributed by atoms with Crippen LogP contribution in [0.25, 0.3) is 0 Å². The molecule has 3 rings (SSSR count). The largest absolute Gasteiger partial charge is 0.811 e. The molecule has 2 aliphatic rings. The highest BCUT2D eigenvalue weighted by atomic mass is 32.3. The zero-order valence-corrected chi connectivity index (χ0v) is 14.8. The Morgan fingerprint density at radius 1 is 1.45 bits per heavy atom. The Labute approximate surface area is 134 Å². The summed E-state index contributed by atoms with van der Waals surface area (Å²) in [6.07, 6.45) is 3.87. The molecule has 2 heterocycles. The molecule has 0 radical (unpaired) electrons. The summed E-state index contributed by atoms with van der Waals surface area (Å²) in [6, 6.07) is 2.38. The quantitative estimate of drug-likeness (QED) is 0.852. The minimum atomic E-state index is -1.90. The van der Waals surface area contributed by atoms with E-state index in [2.05, 4.69) is 27.9 Å². The maximum absolute atomic E-state index is 13.0. The van der Waals surface area contributed by atoms with Gasteiger partial charge in [-0.15, -0.1) is 0 Å². The van der Waals surface area contributed by atoms with Gasteiger partial charge in [0.25, 0.3) is 0 Å². The summed E-state index contributed by atoms with van der Waals surface area (Å²) in [7, 11) is -1.90. The Hall–Kier alpha value is -0.850. The summed E-state index contributed by atoms with van der Waals surface area (Å²) in [5.41, 5.74) is 0.975. The first-order chi connectivity index (χ1) is 10.4. The highest BCUT2D eigenvalue weighted by Gasteiger charge is 2.50. The molecule has 2 atom stereocenters. The first-order valence-electron chi connectivity index (χ1n) is 8.06. The van der Waals surface area contributed by atoms with E-state index < -0.39 is 10.3 Å².